The van der Waals surface area contributed by atoms with Crippen LogP contribution < -0.4 is 4.74 Å². The van der Waals surface area contributed by atoms with E-state index in [0.29, 0.717) is 11.3 Å². The van der Waals surface area contributed by atoms with Gasteiger partial charge >= 0.3 is 0 Å². The van der Waals surface area contributed by atoms with Crippen molar-refractivity contribution in [1.82, 2.24) is 10.2 Å². The van der Waals surface area contributed by atoms with Gasteiger partial charge in [0.25, 0.3) is 0 Å². The van der Waals surface area contributed by atoms with Gasteiger partial charge in [0, 0.05) is 16.8 Å². The van der Waals surface area contributed by atoms with E-state index in [-0.39, 0.29) is 29.2 Å². The van der Waals surface area contributed by atoms with Gasteiger partial charge in [0.05, 0.1) is 10.9 Å². The molecule has 0 bridgehead atoms. The largest absolute Gasteiger partial charge is 0.509 e. The van der Waals surface area contributed by atoms with Crippen LogP contribution in [0.5, 0.6) is 5.88 Å². The van der Waals surface area contributed by atoms with Crippen molar-refractivity contribution in [1.29, 1.82) is 0 Å². The van der Waals surface area contributed by atoms with E-state index in [1.54, 1.807) is 6.07 Å². The fraction of sp³-hybridized carbons (Fsp3) is 0.111. The molecule has 0 spiro atoms. The molecule has 14 heavy (non-hydrogen) atoms. The zero-order valence-electron chi connectivity index (χ0n) is 7.21. The Kier molecular flexibility index (Phi) is 3.48. The normalized spacial score (nSPS) is 9.86. The number of nitrogens with zero attached hydrogens (tertiary/aromatic N) is 1. The standard InChI is InChI=1S/C9H8FN2O.Co/c1-2-13-9-7-5-6(10)3-4-8(7)11-12-9;/h3-5H,1-2H2,(H,11,12);/q-1;. The smallest absolute Gasteiger partial charge is 0.237 e. The molecule has 0 saturated carbocycles. The van der Waals surface area contributed by atoms with Gasteiger partial charge in [-0.15, -0.1) is 5.10 Å². The maximum Gasteiger partial charge on any atom is 0.237 e. The van der Waals surface area contributed by atoms with Crippen molar-refractivity contribution in [2.24, 2.45) is 0 Å². The molecule has 3 nitrogen and oxygen atoms in total. The number of ether oxygens (including phenoxy) is 1. The summed E-state index contributed by atoms with van der Waals surface area (Å²) in [5.74, 6) is 0.0901. The predicted octanol–water partition coefficient (Wildman–Crippen LogP) is 1.91. The first kappa shape index (κ1) is 11.0. The molecule has 5 heteroatoms. The molecule has 1 aromatic carbocycles. The van der Waals surface area contributed by atoms with Gasteiger partial charge in [-0.05, 0) is 24.8 Å². The molecule has 0 atom stereocenters. The summed E-state index contributed by atoms with van der Waals surface area (Å²) in [6.45, 7) is 3.79. The molecule has 77 valence electrons. The fourth-order valence-corrected chi connectivity index (χ4v) is 1.17. The van der Waals surface area contributed by atoms with Crippen LogP contribution in [-0.4, -0.2) is 16.8 Å². The monoisotopic (exact) mass is 238 g/mol. The van der Waals surface area contributed by atoms with E-state index in [1.807, 2.05) is 0 Å². The van der Waals surface area contributed by atoms with Crippen LogP contribution >= 0.6 is 0 Å². The summed E-state index contributed by atoms with van der Waals surface area (Å²) in [6, 6.07) is 4.37. The van der Waals surface area contributed by atoms with Crippen molar-refractivity contribution in [3.05, 3.63) is 30.9 Å². The minimum Gasteiger partial charge on any atom is -0.509 e. The maximum atomic E-state index is 12.8. The molecule has 0 aliphatic carbocycles. The summed E-state index contributed by atoms with van der Waals surface area (Å²) >= 11 is 0. The van der Waals surface area contributed by atoms with E-state index in [2.05, 4.69) is 17.1 Å². The molecule has 0 aliphatic rings. The molecule has 0 unspecified atom stereocenters. The first-order valence-electron chi connectivity index (χ1n) is 3.87. The predicted molar refractivity (Wildman–Crippen MR) is 46.9 cm³/mol. The van der Waals surface area contributed by atoms with Crippen molar-refractivity contribution in [2.45, 2.75) is 0 Å². The molecule has 2 rings (SSSR count). The summed E-state index contributed by atoms with van der Waals surface area (Å²) in [4.78, 5) is 0. The Morgan fingerprint density at radius 1 is 1.50 bits per heavy atom. The average Bonchev–Trinajstić information content (AvgIpc) is 2.49. The van der Waals surface area contributed by atoms with Crippen LogP contribution in [-0.2, 0) is 16.8 Å². The Morgan fingerprint density at radius 2 is 2.29 bits per heavy atom. The van der Waals surface area contributed by atoms with E-state index < -0.39 is 0 Å². The first-order valence-corrected chi connectivity index (χ1v) is 3.87. The Morgan fingerprint density at radius 3 is 3.00 bits per heavy atom. The first-order chi connectivity index (χ1) is 6.31. The number of hydrogen-bond donors (Lipinski definition) is 1. The number of rotatable bonds is 2. The van der Waals surface area contributed by atoms with Crippen molar-refractivity contribution in [3.63, 3.8) is 0 Å². The zero-order valence-corrected chi connectivity index (χ0v) is 8.25. The summed E-state index contributed by atoms with van der Waals surface area (Å²) in [7, 11) is 0. The van der Waals surface area contributed by atoms with Gasteiger partial charge in [0.15, 0.2) is 0 Å². The number of hydrogen-bond acceptors (Lipinski definition) is 2. The SMILES string of the molecule is [CH2-]COc1n[nH]c2ccc(F)cc12.[Co]. The molecular formula is C9H8CoFN2O-. The molecular weight excluding hydrogens is 230 g/mol. The van der Waals surface area contributed by atoms with Gasteiger partial charge in [0.1, 0.15) is 5.82 Å². The third kappa shape index (κ3) is 1.88. The van der Waals surface area contributed by atoms with E-state index in [9.17, 15) is 4.39 Å². The van der Waals surface area contributed by atoms with Crippen LogP contribution in [0.15, 0.2) is 18.2 Å². The second kappa shape index (κ2) is 4.43. The number of halogens is 1. The van der Waals surface area contributed by atoms with Crippen LogP contribution in [0.25, 0.3) is 10.9 Å². The van der Waals surface area contributed by atoms with Crippen LogP contribution in [0, 0.1) is 12.7 Å². The molecule has 1 heterocycles. The molecule has 2 aromatic rings. The number of aromatic nitrogens is 2. The van der Waals surface area contributed by atoms with Gasteiger partial charge in [0.2, 0.25) is 5.88 Å². The van der Waals surface area contributed by atoms with Crippen molar-refractivity contribution in [2.75, 3.05) is 6.61 Å². The Hall–Kier alpha value is -1.07. The zero-order chi connectivity index (χ0) is 9.26. The van der Waals surface area contributed by atoms with Crippen molar-refractivity contribution < 1.29 is 25.9 Å². The van der Waals surface area contributed by atoms with Crippen LogP contribution in [0.3, 0.4) is 0 Å². The summed E-state index contributed by atoms with van der Waals surface area (Å²) < 4.78 is 17.9. The summed E-state index contributed by atoms with van der Waals surface area (Å²) in [5.41, 5.74) is 0.754. The molecule has 0 fully saturated rings. The van der Waals surface area contributed by atoms with Gasteiger partial charge in [-0.1, -0.05) is 0 Å². The second-order valence-electron chi connectivity index (χ2n) is 2.57. The molecule has 1 aromatic heterocycles. The topological polar surface area (TPSA) is 37.9 Å². The Bertz CT molecular complexity index is 430. The molecule has 1 N–H and O–H groups in total. The molecule has 0 amide bonds. The number of nitrogens with one attached hydrogen (secondary N) is 1. The summed E-state index contributed by atoms with van der Waals surface area (Å²) in [6.07, 6.45) is 0. The van der Waals surface area contributed by atoms with Crippen molar-refractivity contribution >= 4 is 10.9 Å². The van der Waals surface area contributed by atoms with E-state index in [0.717, 1.165) is 5.52 Å². The Balaban J connectivity index is 0.000000980. The van der Waals surface area contributed by atoms with E-state index in [1.165, 1.54) is 12.1 Å². The second-order valence-corrected chi connectivity index (χ2v) is 2.57. The fourth-order valence-electron chi connectivity index (χ4n) is 1.17. The van der Waals surface area contributed by atoms with Crippen LogP contribution in [0.1, 0.15) is 0 Å². The third-order valence-electron chi connectivity index (χ3n) is 1.73. The Labute approximate surface area is 90.8 Å². The van der Waals surface area contributed by atoms with E-state index in [4.69, 9.17) is 4.74 Å². The van der Waals surface area contributed by atoms with E-state index >= 15 is 0 Å². The maximum absolute atomic E-state index is 12.8. The number of benzene rings is 1. The third-order valence-corrected chi connectivity index (χ3v) is 1.73. The number of fused-ring (bicyclic) bond motifs is 1. The van der Waals surface area contributed by atoms with Crippen molar-refractivity contribution in [3.8, 4) is 5.88 Å². The van der Waals surface area contributed by atoms with Crippen LogP contribution in [0.4, 0.5) is 4.39 Å². The number of H-pyrrole nitrogens is 1. The molecule has 0 aliphatic heterocycles. The number of aromatic amines is 1. The quantitative estimate of drug-likeness (QED) is 0.811. The van der Waals surface area contributed by atoms with Gasteiger partial charge in [-0.2, -0.15) is 0 Å². The average molecular weight is 238 g/mol. The minimum atomic E-state index is -0.303. The molecule has 1 radical (unpaired) electrons. The summed E-state index contributed by atoms with van der Waals surface area (Å²) in [5, 5.41) is 7.25. The van der Waals surface area contributed by atoms with Crippen LogP contribution in [0.2, 0.25) is 0 Å². The minimum absolute atomic E-state index is 0. The van der Waals surface area contributed by atoms with Gasteiger partial charge in [-0.25, -0.2) is 4.39 Å². The van der Waals surface area contributed by atoms with Gasteiger partial charge < -0.3 is 11.7 Å². The van der Waals surface area contributed by atoms with Gasteiger partial charge in [-0.3, -0.25) is 5.10 Å². The molecule has 0 saturated heterocycles.